The number of benzene rings is 2. The van der Waals surface area contributed by atoms with Crippen LogP contribution in [0.25, 0.3) is 22.2 Å². The van der Waals surface area contributed by atoms with Crippen molar-refractivity contribution in [1.29, 1.82) is 0 Å². The van der Waals surface area contributed by atoms with Gasteiger partial charge in [-0.3, -0.25) is 0 Å². The van der Waals surface area contributed by atoms with Gasteiger partial charge in [-0.1, -0.05) is 44.0 Å². The average molecular weight is 377 g/mol. The Hall–Kier alpha value is -1.19. The lowest BCUT2D eigenvalue weighted by molar-refractivity contribution is 1.36. The van der Waals surface area contributed by atoms with Gasteiger partial charge >= 0.3 is 0 Å². The molecule has 0 saturated carbocycles. The molecular formula is C16H11Br2N. The molecule has 0 aliphatic rings. The second-order valence-electron chi connectivity index (χ2n) is 4.49. The van der Waals surface area contributed by atoms with Crippen LogP contribution in [0, 0.1) is 6.92 Å². The van der Waals surface area contributed by atoms with E-state index >= 15 is 0 Å². The molecule has 0 fully saturated rings. The molecule has 0 unspecified atom stereocenters. The van der Waals surface area contributed by atoms with E-state index in [1.165, 1.54) is 10.9 Å². The number of rotatable bonds is 1. The summed E-state index contributed by atoms with van der Waals surface area (Å²) >= 11 is 6.96. The highest BCUT2D eigenvalue weighted by molar-refractivity contribution is 9.10. The minimum atomic E-state index is 1.01. The largest absolute Gasteiger partial charge is 0.248 e. The van der Waals surface area contributed by atoms with Crippen LogP contribution in [0.4, 0.5) is 0 Å². The van der Waals surface area contributed by atoms with Crippen molar-refractivity contribution in [1.82, 2.24) is 4.98 Å². The molecule has 0 saturated heterocycles. The molecule has 0 atom stereocenters. The molecule has 0 bridgehead atoms. The van der Waals surface area contributed by atoms with Gasteiger partial charge in [0.2, 0.25) is 0 Å². The summed E-state index contributed by atoms with van der Waals surface area (Å²) in [4.78, 5) is 4.74. The van der Waals surface area contributed by atoms with Crippen molar-refractivity contribution >= 4 is 42.8 Å². The SMILES string of the molecule is Cc1cc(-c2ccc(Br)cc2)nc2ccc(Br)cc12. The van der Waals surface area contributed by atoms with Gasteiger partial charge in [-0.15, -0.1) is 0 Å². The van der Waals surface area contributed by atoms with Crippen molar-refractivity contribution in [3.8, 4) is 11.3 Å². The summed E-state index contributed by atoms with van der Waals surface area (Å²) in [5, 5.41) is 1.19. The molecule has 3 aromatic rings. The Morgan fingerprint density at radius 1 is 0.842 bits per heavy atom. The van der Waals surface area contributed by atoms with E-state index in [2.05, 4.69) is 69.1 Å². The first-order valence-electron chi connectivity index (χ1n) is 5.96. The number of nitrogens with zero attached hydrogens (tertiary/aromatic N) is 1. The summed E-state index contributed by atoms with van der Waals surface area (Å²) in [5.41, 5.74) is 4.42. The smallest absolute Gasteiger partial charge is 0.0712 e. The van der Waals surface area contributed by atoms with Crippen molar-refractivity contribution < 1.29 is 0 Å². The van der Waals surface area contributed by atoms with Gasteiger partial charge in [0, 0.05) is 19.9 Å². The van der Waals surface area contributed by atoms with Crippen LogP contribution in [-0.2, 0) is 0 Å². The van der Waals surface area contributed by atoms with Gasteiger partial charge in [0.05, 0.1) is 11.2 Å². The van der Waals surface area contributed by atoms with Crippen molar-refractivity contribution in [2.45, 2.75) is 6.92 Å². The normalized spacial score (nSPS) is 10.9. The maximum atomic E-state index is 4.74. The number of fused-ring (bicyclic) bond motifs is 1. The van der Waals surface area contributed by atoms with Crippen molar-refractivity contribution in [2.75, 3.05) is 0 Å². The van der Waals surface area contributed by atoms with Gasteiger partial charge in [0.25, 0.3) is 0 Å². The van der Waals surface area contributed by atoms with Gasteiger partial charge in [0.1, 0.15) is 0 Å². The van der Waals surface area contributed by atoms with E-state index in [4.69, 9.17) is 4.98 Å². The zero-order valence-corrected chi connectivity index (χ0v) is 13.5. The quantitative estimate of drug-likeness (QED) is 0.528. The van der Waals surface area contributed by atoms with Gasteiger partial charge in [-0.05, 0) is 48.9 Å². The van der Waals surface area contributed by atoms with E-state index in [0.717, 1.165) is 25.7 Å². The number of aryl methyl sites for hydroxylation is 1. The number of hydrogen-bond acceptors (Lipinski definition) is 1. The van der Waals surface area contributed by atoms with Gasteiger partial charge in [0.15, 0.2) is 0 Å². The molecule has 1 nitrogen and oxygen atoms in total. The van der Waals surface area contributed by atoms with Crippen molar-refractivity contribution in [3.63, 3.8) is 0 Å². The van der Waals surface area contributed by atoms with Crippen LogP contribution in [0.3, 0.4) is 0 Å². The van der Waals surface area contributed by atoms with E-state index in [0.29, 0.717) is 0 Å². The predicted octanol–water partition coefficient (Wildman–Crippen LogP) is 5.74. The zero-order chi connectivity index (χ0) is 13.4. The molecule has 1 aromatic heterocycles. The Labute approximate surface area is 128 Å². The Morgan fingerprint density at radius 2 is 1.53 bits per heavy atom. The van der Waals surface area contributed by atoms with E-state index in [1.54, 1.807) is 0 Å². The summed E-state index contributed by atoms with van der Waals surface area (Å²) < 4.78 is 2.17. The molecule has 0 spiro atoms. The van der Waals surface area contributed by atoms with Crippen LogP contribution < -0.4 is 0 Å². The summed E-state index contributed by atoms with van der Waals surface area (Å²) in [7, 11) is 0. The summed E-state index contributed by atoms with van der Waals surface area (Å²) in [6.07, 6.45) is 0. The second-order valence-corrected chi connectivity index (χ2v) is 6.32. The monoisotopic (exact) mass is 375 g/mol. The second kappa shape index (κ2) is 5.06. The standard InChI is InChI=1S/C16H11Br2N/c1-10-8-16(11-2-4-12(17)5-3-11)19-15-7-6-13(18)9-14(10)15/h2-9H,1H3. The molecule has 3 heteroatoms. The van der Waals surface area contributed by atoms with Crippen molar-refractivity contribution in [3.05, 3.63) is 63.0 Å². The van der Waals surface area contributed by atoms with Crippen LogP contribution in [0.5, 0.6) is 0 Å². The highest BCUT2D eigenvalue weighted by Gasteiger charge is 2.05. The van der Waals surface area contributed by atoms with E-state index in [9.17, 15) is 0 Å². The lowest BCUT2D eigenvalue weighted by Crippen LogP contribution is -1.88. The minimum absolute atomic E-state index is 1.01. The summed E-state index contributed by atoms with van der Waals surface area (Å²) in [6, 6.07) is 16.6. The molecule has 2 aromatic carbocycles. The third-order valence-electron chi connectivity index (χ3n) is 3.12. The zero-order valence-electron chi connectivity index (χ0n) is 10.3. The first kappa shape index (κ1) is 12.8. The van der Waals surface area contributed by atoms with Crippen LogP contribution in [0.2, 0.25) is 0 Å². The molecule has 0 amide bonds. The third kappa shape index (κ3) is 2.58. The topological polar surface area (TPSA) is 12.9 Å². The molecule has 0 aliphatic heterocycles. The fourth-order valence-corrected chi connectivity index (χ4v) is 2.76. The van der Waals surface area contributed by atoms with Gasteiger partial charge in [-0.2, -0.15) is 0 Å². The molecule has 0 radical (unpaired) electrons. The fraction of sp³-hybridized carbons (Fsp3) is 0.0625. The summed E-state index contributed by atoms with van der Waals surface area (Å²) in [6.45, 7) is 2.12. The van der Waals surface area contributed by atoms with Crippen LogP contribution in [-0.4, -0.2) is 4.98 Å². The maximum absolute atomic E-state index is 4.74. The molecule has 0 aliphatic carbocycles. The van der Waals surface area contributed by atoms with Crippen molar-refractivity contribution in [2.24, 2.45) is 0 Å². The number of halogens is 2. The Bertz CT molecular complexity index is 749. The van der Waals surface area contributed by atoms with Crippen LogP contribution in [0.1, 0.15) is 5.56 Å². The maximum Gasteiger partial charge on any atom is 0.0712 e. The lowest BCUT2D eigenvalue weighted by Gasteiger charge is -2.07. The molecule has 1 heterocycles. The Kier molecular flexibility index (Phi) is 3.42. The number of hydrogen-bond donors (Lipinski definition) is 0. The highest BCUT2D eigenvalue weighted by Crippen LogP contribution is 2.27. The van der Waals surface area contributed by atoms with Gasteiger partial charge < -0.3 is 0 Å². The Morgan fingerprint density at radius 3 is 2.26 bits per heavy atom. The first-order chi connectivity index (χ1) is 9.13. The molecule has 0 N–H and O–H groups in total. The van der Waals surface area contributed by atoms with E-state index in [-0.39, 0.29) is 0 Å². The molecule has 3 rings (SSSR count). The number of pyridine rings is 1. The minimum Gasteiger partial charge on any atom is -0.248 e. The first-order valence-corrected chi connectivity index (χ1v) is 7.55. The van der Waals surface area contributed by atoms with Crippen LogP contribution >= 0.6 is 31.9 Å². The molecule has 94 valence electrons. The fourth-order valence-electron chi connectivity index (χ4n) is 2.14. The summed E-state index contributed by atoms with van der Waals surface area (Å²) in [5.74, 6) is 0. The molecule has 19 heavy (non-hydrogen) atoms. The third-order valence-corrected chi connectivity index (χ3v) is 4.14. The lowest BCUT2D eigenvalue weighted by atomic mass is 10.1. The molecular weight excluding hydrogens is 366 g/mol. The number of aromatic nitrogens is 1. The highest BCUT2D eigenvalue weighted by atomic mass is 79.9. The Balaban J connectivity index is 2.20. The van der Waals surface area contributed by atoms with E-state index < -0.39 is 0 Å². The predicted molar refractivity (Wildman–Crippen MR) is 87.3 cm³/mol. The van der Waals surface area contributed by atoms with Crippen LogP contribution in [0.15, 0.2) is 57.5 Å². The van der Waals surface area contributed by atoms with E-state index in [1.807, 2.05) is 18.2 Å². The van der Waals surface area contributed by atoms with Gasteiger partial charge in [-0.25, -0.2) is 4.98 Å². The average Bonchev–Trinajstić information content (AvgIpc) is 2.40.